The largest absolute Gasteiger partial charge is 0.320 e. The number of benzene rings is 2. The SMILES string of the molecule is CC[C@H](C)[C@H](N)C(=O)N=S(N)(=O)c1cccc(-c2ccccc2)c1. The van der Waals surface area contributed by atoms with Crippen LogP contribution in [-0.2, 0) is 14.7 Å². The number of amides is 1. The molecule has 0 aliphatic rings. The third kappa shape index (κ3) is 4.29. The molecule has 3 atom stereocenters. The molecule has 0 radical (unpaired) electrons. The van der Waals surface area contributed by atoms with Gasteiger partial charge in [-0.2, -0.15) is 0 Å². The molecule has 0 aromatic heterocycles. The molecule has 0 spiro atoms. The molecule has 6 heteroatoms. The van der Waals surface area contributed by atoms with Crippen molar-refractivity contribution in [3.63, 3.8) is 0 Å². The molecule has 0 bridgehead atoms. The van der Waals surface area contributed by atoms with E-state index in [1.54, 1.807) is 18.2 Å². The maximum atomic E-state index is 12.7. The molecule has 0 aliphatic carbocycles. The average molecular weight is 345 g/mol. The van der Waals surface area contributed by atoms with E-state index in [9.17, 15) is 9.00 Å². The number of nitrogens with two attached hydrogens (primary N) is 2. The highest BCUT2D eigenvalue weighted by atomic mass is 32.2. The molecule has 2 rings (SSSR count). The van der Waals surface area contributed by atoms with Crippen molar-refractivity contribution in [2.45, 2.75) is 31.2 Å². The van der Waals surface area contributed by atoms with Gasteiger partial charge in [-0.05, 0) is 29.2 Å². The molecule has 2 aromatic carbocycles. The summed E-state index contributed by atoms with van der Waals surface area (Å²) in [7, 11) is -3.33. The summed E-state index contributed by atoms with van der Waals surface area (Å²) in [6.07, 6.45) is 0.734. The minimum Gasteiger partial charge on any atom is -0.320 e. The number of carbonyl (C=O) groups excluding carboxylic acids is 1. The van der Waals surface area contributed by atoms with Crippen molar-refractivity contribution < 1.29 is 9.00 Å². The van der Waals surface area contributed by atoms with Gasteiger partial charge in [-0.3, -0.25) is 4.79 Å². The predicted octanol–water partition coefficient (Wildman–Crippen LogP) is 2.95. The van der Waals surface area contributed by atoms with Crippen LogP contribution in [0.15, 0.2) is 63.9 Å². The molecular weight excluding hydrogens is 322 g/mol. The summed E-state index contributed by atoms with van der Waals surface area (Å²) >= 11 is 0. The Balaban J connectivity index is 2.38. The van der Waals surface area contributed by atoms with Crippen LogP contribution in [0.25, 0.3) is 11.1 Å². The average Bonchev–Trinajstić information content (AvgIpc) is 2.60. The fraction of sp³-hybridized carbons (Fsp3) is 0.278. The summed E-state index contributed by atoms with van der Waals surface area (Å²) in [6, 6.07) is 15.8. The van der Waals surface area contributed by atoms with Crippen LogP contribution in [0.5, 0.6) is 0 Å². The van der Waals surface area contributed by atoms with Gasteiger partial charge in [-0.25, -0.2) is 9.35 Å². The minimum atomic E-state index is -3.33. The molecule has 0 fully saturated rings. The second-order valence-electron chi connectivity index (χ2n) is 5.80. The maximum absolute atomic E-state index is 12.7. The first kappa shape index (κ1) is 18.3. The lowest BCUT2D eigenvalue weighted by atomic mass is 10.00. The topological polar surface area (TPSA) is 98.5 Å². The van der Waals surface area contributed by atoms with Gasteiger partial charge in [0.05, 0.1) is 10.9 Å². The summed E-state index contributed by atoms with van der Waals surface area (Å²) in [6.45, 7) is 3.79. The van der Waals surface area contributed by atoms with E-state index in [0.29, 0.717) is 4.90 Å². The lowest BCUT2D eigenvalue weighted by Crippen LogP contribution is -2.36. The van der Waals surface area contributed by atoms with Gasteiger partial charge in [0.2, 0.25) is 0 Å². The third-order valence-electron chi connectivity index (χ3n) is 4.05. The molecule has 1 unspecified atom stereocenters. The van der Waals surface area contributed by atoms with Gasteiger partial charge in [0.15, 0.2) is 0 Å². The first-order chi connectivity index (χ1) is 11.3. The van der Waals surface area contributed by atoms with Gasteiger partial charge in [-0.1, -0.05) is 62.7 Å². The zero-order chi connectivity index (χ0) is 17.7. The van der Waals surface area contributed by atoms with E-state index in [2.05, 4.69) is 4.36 Å². The number of carbonyl (C=O) groups is 1. The summed E-state index contributed by atoms with van der Waals surface area (Å²) < 4.78 is 16.5. The Labute approximate surface area is 143 Å². The Kier molecular flexibility index (Phi) is 5.88. The molecule has 2 aromatic rings. The van der Waals surface area contributed by atoms with Crippen molar-refractivity contribution in [1.29, 1.82) is 0 Å². The lowest BCUT2D eigenvalue weighted by molar-refractivity contribution is -0.119. The smallest absolute Gasteiger partial charge is 0.272 e. The van der Waals surface area contributed by atoms with Crippen LogP contribution in [0.3, 0.4) is 0 Å². The Morgan fingerprint density at radius 3 is 2.38 bits per heavy atom. The van der Waals surface area contributed by atoms with Crippen molar-refractivity contribution in [3.8, 4) is 11.1 Å². The van der Waals surface area contributed by atoms with Gasteiger partial charge in [0.1, 0.15) is 9.92 Å². The van der Waals surface area contributed by atoms with E-state index in [0.717, 1.165) is 17.5 Å². The van der Waals surface area contributed by atoms with E-state index >= 15 is 0 Å². The fourth-order valence-corrected chi connectivity index (χ4v) is 3.30. The molecule has 0 saturated carbocycles. The van der Waals surface area contributed by atoms with E-state index in [1.165, 1.54) is 0 Å². The van der Waals surface area contributed by atoms with Crippen LogP contribution < -0.4 is 10.9 Å². The summed E-state index contributed by atoms with van der Waals surface area (Å²) in [5, 5.41) is 5.85. The molecule has 1 amide bonds. The van der Waals surface area contributed by atoms with E-state index < -0.39 is 21.9 Å². The van der Waals surface area contributed by atoms with Crippen molar-refractivity contribution in [2.24, 2.45) is 21.2 Å². The zero-order valence-corrected chi connectivity index (χ0v) is 14.7. The molecule has 0 saturated heterocycles. The van der Waals surface area contributed by atoms with Crippen LogP contribution in [0.4, 0.5) is 0 Å². The van der Waals surface area contributed by atoms with Gasteiger partial charge < -0.3 is 5.73 Å². The highest BCUT2D eigenvalue weighted by Gasteiger charge is 2.21. The number of hydrogen-bond donors (Lipinski definition) is 2. The normalized spacial score (nSPS) is 16.0. The fourth-order valence-electron chi connectivity index (χ4n) is 2.23. The lowest BCUT2D eigenvalue weighted by Gasteiger charge is -2.15. The zero-order valence-electron chi connectivity index (χ0n) is 13.9. The molecule has 0 aliphatic heterocycles. The van der Waals surface area contributed by atoms with E-state index in [1.807, 2.05) is 50.2 Å². The van der Waals surface area contributed by atoms with E-state index in [-0.39, 0.29) is 5.92 Å². The summed E-state index contributed by atoms with van der Waals surface area (Å²) in [5.41, 5.74) is 7.68. The highest BCUT2D eigenvalue weighted by Crippen LogP contribution is 2.22. The number of rotatable bonds is 5. The van der Waals surface area contributed by atoms with Gasteiger partial charge >= 0.3 is 0 Å². The van der Waals surface area contributed by atoms with Crippen molar-refractivity contribution in [3.05, 3.63) is 54.6 Å². The second-order valence-corrected chi connectivity index (χ2v) is 7.59. The molecule has 128 valence electrons. The number of hydrogen-bond acceptors (Lipinski definition) is 3. The molecule has 5 nitrogen and oxygen atoms in total. The van der Waals surface area contributed by atoms with Gasteiger partial charge in [0, 0.05) is 0 Å². The van der Waals surface area contributed by atoms with Crippen molar-refractivity contribution in [2.75, 3.05) is 0 Å². The monoisotopic (exact) mass is 345 g/mol. The Hall–Kier alpha value is -2.02. The molecule has 24 heavy (non-hydrogen) atoms. The third-order valence-corrected chi connectivity index (χ3v) is 5.43. The minimum absolute atomic E-state index is 0.0490. The van der Waals surface area contributed by atoms with E-state index in [4.69, 9.17) is 10.9 Å². The molecule has 4 N–H and O–H groups in total. The second kappa shape index (κ2) is 7.70. The number of nitrogens with zero attached hydrogens (tertiary/aromatic N) is 1. The Bertz CT molecular complexity index is 827. The van der Waals surface area contributed by atoms with Crippen LogP contribution in [0.2, 0.25) is 0 Å². The molecular formula is C18H23N3O2S. The van der Waals surface area contributed by atoms with Crippen LogP contribution in [0, 0.1) is 5.92 Å². The van der Waals surface area contributed by atoms with Crippen molar-refractivity contribution >= 4 is 15.8 Å². The van der Waals surface area contributed by atoms with Crippen LogP contribution in [-0.4, -0.2) is 16.2 Å². The highest BCUT2D eigenvalue weighted by molar-refractivity contribution is 7.91. The summed E-state index contributed by atoms with van der Waals surface area (Å²) in [5.74, 6) is -0.672. The maximum Gasteiger partial charge on any atom is 0.272 e. The Morgan fingerprint density at radius 2 is 1.75 bits per heavy atom. The predicted molar refractivity (Wildman–Crippen MR) is 97.3 cm³/mol. The molecule has 0 heterocycles. The standard InChI is InChI=1S/C18H23N3O2S/c1-3-13(2)17(19)18(22)21-24(20,23)16-11-7-10-15(12-16)14-8-5-4-6-9-14/h4-13,17H,3,19H2,1-2H3,(H2,20,21,22,23)/t13-,17-,24?/m0/s1. The van der Waals surface area contributed by atoms with Gasteiger partial charge in [-0.15, -0.1) is 4.36 Å². The summed E-state index contributed by atoms with van der Waals surface area (Å²) in [4.78, 5) is 12.4. The van der Waals surface area contributed by atoms with Crippen LogP contribution in [0.1, 0.15) is 20.3 Å². The first-order valence-corrected chi connectivity index (χ1v) is 9.43. The van der Waals surface area contributed by atoms with Gasteiger partial charge in [0.25, 0.3) is 5.91 Å². The first-order valence-electron chi connectivity index (χ1n) is 7.85. The Morgan fingerprint density at radius 1 is 1.12 bits per heavy atom. The quantitative estimate of drug-likeness (QED) is 0.871. The van der Waals surface area contributed by atoms with Crippen molar-refractivity contribution in [1.82, 2.24) is 0 Å². The van der Waals surface area contributed by atoms with Crippen LogP contribution >= 0.6 is 0 Å².